The van der Waals surface area contributed by atoms with Gasteiger partial charge < -0.3 is 10.5 Å². The fraction of sp³-hybridized carbons (Fsp3) is 0.500. The van der Waals surface area contributed by atoms with Crippen LogP contribution in [0.15, 0.2) is 29.7 Å². The number of nitrogens with zero attached hydrogens (tertiary/aromatic N) is 2. The second-order valence-corrected chi connectivity index (χ2v) is 4.06. The maximum absolute atomic E-state index is 10.4. The zero-order valence-corrected chi connectivity index (χ0v) is 10.3. The number of nitrogens with two attached hydrogens (primary N) is 1. The van der Waals surface area contributed by atoms with Gasteiger partial charge in [-0.3, -0.25) is 9.78 Å². The Bertz CT molecular complexity index is 383. The van der Waals surface area contributed by atoms with E-state index < -0.39 is 5.91 Å². The highest BCUT2D eigenvalue weighted by atomic mass is 16.5. The van der Waals surface area contributed by atoms with E-state index in [-0.39, 0.29) is 6.10 Å². The van der Waals surface area contributed by atoms with Gasteiger partial charge in [0.2, 0.25) is 5.91 Å². The van der Waals surface area contributed by atoms with Crippen LogP contribution in [0.25, 0.3) is 0 Å². The minimum Gasteiger partial charge on any atom is -0.373 e. The van der Waals surface area contributed by atoms with Crippen LogP contribution < -0.4 is 5.73 Å². The largest absolute Gasteiger partial charge is 0.373 e. The smallest absolute Gasteiger partial charge is 0.250 e. The summed E-state index contributed by atoms with van der Waals surface area (Å²) >= 11 is 0. The van der Waals surface area contributed by atoms with E-state index in [0.717, 1.165) is 12.8 Å². The van der Waals surface area contributed by atoms with Gasteiger partial charge in [0.15, 0.2) is 0 Å². The first-order valence-electron chi connectivity index (χ1n) is 5.78. The fourth-order valence-electron chi connectivity index (χ4n) is 1.61. The van der Waals surface area contributed by atoms with Crippen LogP contribution in [0.2, 0.25) is 0 Å². The molecule has 0 aromatic carbocycles. The number of pyridine rings is 1. The van der Waals surface area contributed by atoms with Crippen LogP contribution in [-0.4, -0.2) is 29.6 Å². The van der Waals surface area contributed by atoms with E-state index in [9.17, 15) is 9.70 Å². The Morgan fingerprint density at radius 2 is 2.39 bits per heavy atom. The molecule has 0 aliphatic carbocycles. The van der Waals surface area contributed by atoms with Crippen molar-refractivity contribution in [2.24, 2.45) is 10.9 Å². The number of aromatic nitrogens is 1. The van der Waals surface area contributed by atoms with Crippen LogP contribution in [0.1, 0.15) is 30.1 Å². The molecular formula is C12H17N3O3. The number of ether oxygens (including phenoxy) is 1. The molecule has 2 heterocycles. The van der Waals surface area contributed by atoms with Gasteiger partial charge in [-0.1, -0.05) is 5.18 Å². The first kappa shape index (κ1) is 14.2. The number of hydrogen-bond acceptors (Lipinski definition) is 5. The van der Waals surface area contributed by atoms with Crippen LogP contribution in [0.5, 0.6) is 0 Å². The minimum atomic E-state index is -0.442. The van der Waals surface area contributed by atoms with Gasteiger partial charge in [-0.05, 0) is 31.9 Å². The van der Waals surface area contributed by atoms with Crippen molar-refractivity contribution in [3.63, 3.8) is 0 Å². The number of primary amides is 1. The highest BCUT2D eigenvalue weighted by Crippen LogP contribution is 2.18. The second-order valence-electron chi connectivity index (χ2n) is 4.06. The third kappa shape index (κ3) is 5.01. The number of carbonyl (C=O) groups is 1. The lowest BCUT2D eigenvalue weighted by Gasteiger charge is -2.04. The lowest BCUT2D eigenvalue weighted by molar-refractivity contribution is 0.0614. The number of carbonyl (C=O) groups excluding carboxylic acids is 1. The summed E-state index contributed by atoms with van der Waals surface area (Å²) in [7, 11) is 0. The molecule has 0 radical (unpaired) electrons. The predicted molar refractivity (Wildman–Crippen MR) is 67.0 cm³/mol. The predicted octanol–water partition coefficient (Wildman–Crippen LogP) is 1.50. The molecular weight excluding hydrogens is 234 g/mol. The topological polar surface area (TPSA) is 94.6 Å². The van der Waals surface area contributed by atoms with E-state index in [1.54, 1.807) is 18.3 Å². The van der Waals surface area contributed by atoms with Gasteiger partial charge in [0.25, 0.3) is 0 Å². The van der Waals surface area contributed by atoms with Crippen molar-refractivity contribution in [3.8, 4) is 0 Å². The van der Waals surface area contributed by atoms with Crippen molar-refractivity contribution in [1.29, 1.82) is 0 Å². The molecule has 98 valence electrons. The van der Waals surface area contributed by atoms with Gasteiger partial charge in [-0.25, -0.2) is 0 Å². The Morgan fingerprint density at radius 3 is 2.78 bits per heavy atom. The Labute approximate surface area is 106 Å². The summed E-state index contributed by atoms with van der Waals surface area (Å²) in [6, 6.07) is 3.29. The number of hydrogen-bond donors (Lipinski definition) is 1. The molecule has 1 saturated heterocycles. The van der Waals surface area contributed by atoms with Gasteiger partial charge >= 0.3 is 0 Å². The van der Waals surface area contributed by atoms with E-state index in [1.165, 1.54) is 6.20 Å². The Kier molecular flexibility index (Phi) is 5.93. The number of nitroso groups, excluding NO2 is 1. The maximum Gasteiger partial charge on any atom is 0.250 e. The van der Waals surface area contributed by atoms with Gasteiger partial charge in [0, 0.05) is 12.4 Å². The third-order valence-electron chi connectivity index (χ3n) is 2.54. The van der Waals surface area contributed by atoms with Gasteiger partial charge in [-0.2, -0.15) is 4.91 Å². The molecule has 18 heavy (non-hydrogen) atoms. The molecule has 6 heteroatoms. The molecule has 2 atom stereocenters. The lowest BCUT2D eigenvalue weighted by atomic mass is 10.2. The zero-order valence-electron chi connectivity index (χ0n) is 10.3. The highest BCUT2D eigenvalue weighted by molar-refractivity contribution is 5.92. The van der Waals surface area contributed by atoms with Gasteiger partial charge in [0.1, 0.15) is 6.54 Å². The Morgan fingerprint density at radius 1 is 1.61 bits per heavy atom. The van der Waals surface area contributed by atoms with E-state index in [2.05, 4.69) is 10.2 Å². The van der Waals surface area contributed by atoms with E-state index in [4.69, 9.17) is 10.5 Å². The first-order chi connectivity index (χ1) is 8.63. The first-order valence-corrected chi connectivity index (χ1v) is 5.78. The third-order valence-corrected chi connectivity index (χ3v) is 2.54. The number of rotatable bonds is 3. The molecule has 1 aliphatic rings. The van der Waals surface area contributed by atoms with Crippen molar-refractivity contribution in [1.82, 2.24) is 4.98 Å². The number of amides is 1. The Hall–Kier alpha value is -1.82. The summed E-state index contributed by atoms with van der Waals surface area (Å²) in [6.07, 6.45) is 5.52. The lowest BCUT2D eigenvalue weighted by Crippen LogP contribution is -2.10. The van der Waals surface area contributed by atoms with Crippen molar-refractivity contribution in [2.75, 3.05) is 6.54 Å². The summed E-state index contributed by atoms with van der Waals surface area (Å²) in [5.41, 5.74) is 5.38. The van der Waals surface area contributed by atoms with E-state index in [1.807, 2.05) is 6.92 Å². The molecule has 1 aliphatic heterocycles. The average Bonchev–Trinajstić information content (AvgIpc) is 2.77. The molecule has 6 nitrogen and oxygen atoms in total. The summed E-state index contributed by atoms with van der Waals surface area (Å²) < 4.78 is 5.31. The maximum atomic E-state index is 10.4. The second kappa shape index (κ2) is 7.50. The van der Waals surface area contributed by atoms with Gasteiger partial charge in [0.05, 0.1) is 17.8 Å². The molecule has 1 aromatic rings. The van der Waals surface area contributed by atoms with Crippen molar-refractivity contribution in [3.05, 3.63) is 35.0 Å². The van der Waals surface area contributed by atoms with Crippen LogP contribution in [0.3, 0.4) is 0 Å². The van der Waals surface area contributed by atoms with Crippen LogP contribution in [0, 0.1) is 4.91 Å². The fourth-order valence-corrected chi connectivity index (χ4v) is 1.61. The highest BCUT2D eigenvalue weighted by Gasteiger charge is 2.21. The molecule has 1 amide bonds. The summed E-state index contributed by atoms with van der Waals surface area (Å²) in [5, 5.41) is 2.78. The summed E-state index contributed by atoms with van der Waals surface area (Å²) in [6.45, 7) is 2.34. The molecule has 0 bridgehead atoms. The van der Waals surface area contributed by atoms with Crippen LogP contribution in [0.4, 0.5) is 0 Å². The minimum absolute atomic E-state index is 0.109. The van der Waals surface area contributed by atoms with Gasteiger partial charge in [-0.15, -0.1) is 0 Å². The standard InChI is InChI=1S/C6H6N2O.C6H11NO2/c7-6(9)5-2-1-3-8-4-5;1-5-2-3-6(9-5)4-7-8/h1-4H,(H2,7,9);5-6H,2-4H2,1H3. The molecule has 1 fully saturated rings. The molecule has 2 unspecified atom stereocenters. The Balaban J connectivity index is 0.000000180. The molecule has 2 N–H and O–H groups in total. The monoisotopic (exact) mass is 251 g/mol. The van der Waals surface area contributed by atoms with E-state index in [0.29, 0.717) is 18.2 Å². The van der Waals surface area contributed by atoms with E-state index >= 15 is 0 Å². The zero-order chi connectivity index (χ0) is 13.4. The molecule has 0 saturated carbocycles. The van der Waals surface area contributed by atoms with Crippen LogP contribution in [-0.2, 0) is 4.74 Å². The van der Waals surface area contributed by atoms with Crippen molar-refractivity contribution >= 4 is 5.91 Å². The molecule has 1 aromatic heterocycles. The average molecular weight is 251 g/mol. The quantitative estimate of drug-likeness (QED) is 0.823. The molecule has 0 spiro atoms. The van der Waals surface area contributed by atoms with Crippen molar-refractivity contribution < 1.29 is 9.53 Å². The normalized spacial score (nSPS) is 21.8. The van der Waals surface area contributed by atoms with Crippen molar-refractivity contribution in [2.45, 2.75) is 32.0 Å². The molecule has 2 rings (SSSR count). The summed E-state index contributed by atoms with van der Waals surface area (Å²) in [4.78, 5) is 23.8. The van der Waals surface area contributed by atoms with Crippen LogP contribution >= 0.6 is 0 Å². The summed E-state index contributed by atoms with van der Waals surface area (Å²) in [5.74, 6) is -0.442. The SMILES string of the molecule is CC1CCC(CN=O)O1.NC(=O)c1cccnc1.